The number of imidazole rings is 1. The lowest BCUT2D eigenvalue weighted by atomic mass is 10.1. The summed E-state index contributed by atoms with van der Waals surface area (Å²) in [7, 11) is 0. The van der Waals surface area contributed by atoms with Crippen LogP contribution in [0.5, 0.6) is 5.75 Å². The van der Waals surface area contributed by atoms with Crippen molar-refractivity contribution in [2.24, 2.45) is 0 Å². The summed E-state index contributed by atoms with van der Waals surface area (Å²) in [5, 5.41) is 2.75. The van der Waals surface area contributed by atoms with Crippen molar-refractivity contribution in [1.29, 1.82) is 0 Å². The number of alkyl halides is 3. The quantitative estimate of drug-likeness (QED) is 0.579. The van der Waals surface area contributed by atoms with Gasteiger partial charge in [-0.05, 0) is 36.2 Å². The van der Waals surface area contributed by atoms with Crippen molar-refractivity contribution in [1.82, 2.24) is 14.7 Å². The van der Waals surface area contributed by atoms with Crippen LogP contribution < -0.4 is 10.1 Å². The fraction of sp³-hybridized carbons (Fsp3) is 0.286. The highest BCUT2D eigenvalue weighted by atomic mass is 19.4. The van der Waals surface area contributed by atoms with Crippen LogP contribution in [0, 0.1) is 0 Å². The van der Waals surface area contributed by atoms with Gasteiger partial charge in [-0.3, -0.25) is 14.0 Å². The van der Waals surface area contributed by atoms with Gasteiger partial charge in [0.05, 0.1) is 5.69 Å². The van der Waals surface area contributed by atoms with Crippen LogP contribution in [0.3, 0.4) is 0 Å². The summed E-state index contributed by atoms with van der Waals surface area (Å²) in [5.41, 5.74) is 2.56. The summed E-state index contributed by atoms with van der Waals surface area (Å²) in [6.07, 6.45) is -2.29. The standard InChI is InChI=1S/C21H20F3N3O3/c1-3-16-19(27-12-14(17(28)4-2)7-10-18(27)26-16)20(29)25-11-13-5-8-15(9-6-13)30-21(22,23)24/h5-10,12H,3-4,11H2,1-2H3,(H,25,29). The van der Waals surface area contributed by atoms with E-state index in [-0.39, 0.29) is 18.1 Å². The second-order valence-electron chi connectivity index (χ2n) is 6.56. The number of benzene rings is 1. The molecule has 0 radical (unpaired) electrons. The molecule has 3 aromatic rings. The molecule has 6 nitrogen and oxygen atoms in total. The number of halogens is 3. The molecule has 2 aromatic heterocycles. The van der Waals surface area contributed by atoms with Gasteiger partial charge in [0.15, 0.2) is 5.78 Å². The molecule has 0 saturated heterocycles. The van der Waals surface area contributed by atoms with E-state index in [9.17, 15) is 22.8 Å². The van der Waals surface area contributed by atoms with Gasteiger partial charge in [0, 0.05) is 24.7 Å². The number of amides is 1. The van der Waals surface area contributed by atoms with Gasteiger partial charge in [0.2, 0.25) is 0 Å². The zero-order valence-corrected chi connectivity index (χ0v) is 16.4. The number of ether oxygens (including phenoxy) is 1. The number of carbonyl (C=O) groups is 2. The predicted molar refractivity (Wildman–Crippen MR) is 103 cm³/mol. The number of ketones is 1. The maximum atomic E-state index is 12.8. The van der Waals surface area contributed by atoms with Gasteiger partial charge in [0.25, 0.3) is 5.91 Å². The van der Waals surface area contributed by atoms with Gasteiger partial charge in [-0.25, -0.2) is 4.98 Å². The lowest BCUT2D eigenvalue weighted by Crippen LogP contribution is -2.25. The second kappa shape index (κ2) is 8.56. The summed E-state index contributed by atoms with van der Waals surface area (Å²) in [5.74, 6) is -0.770. The number of fused-ring (bicyclic) bond motifs is 1. The Hall–Kier alpha value is -3.36. The van der Waals surface area contributed by atoms with E-state index in [1.807, 2.05) is 6.92 Å². The van der Waals surface area contributed by atoms with Crippen LogP contribution in [-0.4, -0.2) is 27.4 Å². The monoisotopic (exact) mass is 419 g/mol. The first kappa shape index (κ1) is 21.4. The summed E-state index contributed by atoms with van der Waals surface area (Å²) in [6.45, 7) is 3.74. The second-order valence-corrected chi connectivity index (χ2v) is 6.56. The highest BCUT2D eigenvalue weighted by Crippen LogP contribution is 2.23. The summed E-state index contributed by atoms with van der Waals surface area (Å²) in [6, 6.07) is 8.62. The maximum Gasteiger partial charge on any atom is 0.573 e. The van der Waals surface area contributed by atoms with Gasteiger partial charge in [-0.2, -0.15) is 0 Å². The van der Waals surface area contributed by atoms with Crippen molar-refractivity contribution in [3.8, 4) is 5.75 Å². The number of hydrogen-bond acceptors (Lipinski definition) is 4. The molecule has 0 aliphatic heterocycles. The third-order valence-electron chi connectivity index (χ3n) is 4.49. The predicted octanol–water partition coefficient (Wildman–Crippen LogP) is 4.32. The van der Waals surface area contributed by atoms with E-state index in [1.54, 1.807) is 29.7 Å². The van der Waals surface area contributed by atoms with Crippen LogP contribution in [0.1, 0.15) is 52.4 Å². The largest absolute Gasteiger partial charge is 0.573 e. The molecule has 0 atom stereocenters. The fourth-order valence-corrected chi connectivity index (χ4v) is 3.02. The molecule has 0 fully saturated rings. The number of hydrogen-bond donors (Lipinski definition) is 1. The first-order valence-corrected chi connectivity index (χ1v) is 9.39. The Balaban J connectivity index is 1.80. The molecule has 0 bridgehead atoms. The Morgan fingerprint density at radius 3 is 2.40 bits per heavy atom. The Bertz CT molecular complexity index is 1070. The Morgan fingerprint density at radius 2 is 1.80 bits per heavy atom. The van der Waals surface area contributed by atoms with Crippen molar-refractivity contribution >= 4 is 17.3 Å². The van der Waals surface area contributed by atoms with Crippen molar-refractivity contribution in [2.45, 2.75) is 39.6 Å². The minimum Gasteiger partial charge on any atom is -0.406 e. The maximum absolute atomic E-state index is 12.8. The van der Waals surface area contributed by atoms with E-state index in [1.165, 1.54) is 24.3 Å². The minimum absolute atomic E-state index is 0.0452. The van der Waals surface area contributed by atoms with Gasteiger partial charge in [-0.1, -0.05) is 26.0 Å². The Kier molecular flexibility index (Phi) is 6.09. The van der Waals surface area contributed by atoms with E-state index in [0.717, 1.165) is 0 Å². The van der Waals surface area contributed by atoms with E-state index in [2.05, 4.69) is 15.0 Å². The zero-order valence-electron chi connectivity index (χ0n) is 16.4. The van der Waals surface area contributed by atoms with Gasteiger partial charge in [0.1, 0.15) is 17.1 Å². The van der Waals surface area contributed by atoms with Crippen molar-refractivity contribution < 1.29 is 27.5 Å². The number of nitrogens with zero attached hydrogens (tertiary/aromatic N) is 2. The highest BCUT2D eigenvalue weighted by molar-refractivity contribution is 5.97. The van der Waals surface area contributed by atoms with Gasteiger partial charge in [-0.15, -0.1) is 13.2 Å². The number of Topliss-reactive ketones (excluding diaryl/α,β-unsaturated/α-hetero) is 1. The molecule has 9 heteroatoms. The average molecular weight is 419 g/mol. The molecule has 158 valence electrons. The molecular weight excluding hydrogens is 399 g/mol. The van der Waals surface area contributed by atoms with Crippen LogP contribution in [0.15, 0.2) is 42.6 Å². The van der Waals surface area contributed by atoms with Crippen molar-refractivity contribution in [2.75, 3.05) is 0 Å². The first-order chi connectivity index (χ1) is 14.2. The number of nitrogens with one attached hydrogen (secondary N) is 1. The lowest BCUT2D eigenvalue weighted by molar-refractivity contribution is -0.274. The molecular formula is C21H20F3N3O3. The molecule has 0 spiro atoms. The van der Waals surface area contributed by atoms with Crippen molar-refractivity contribution in [3.05, 3.63) is 65.1 Å². The average Bonchev–Trinajstić information content (AvgIpc) is 3.09. The van der Waals surface area contributed by atoms with E-state index in [4.69, 9.17) is 0 Å². The molecule has 1 amide bonds. The summed E-state index contributed by atoms with van der Waals surface area (Å²) < 4.78 is 42.2. The van der Waals surface area contributed by atoms with Crippen LogP contribution >= 0.6 is 0 Å². The molecule has 0 unspecified atom stereocenters. The fourth-order valence-electron chi connectivity index (χ4n) is 3.02. The number of rotatable bonds is 7. The molecule has 1 N–H and O–H groups in total. The van der Waals surface area contributed by atoms with Crippen molar-refractivity contribution in [3.63, 3.8) is 0 Å². The number of pyridine rings is 1. The lowest BCUT2D eigenvalue weighted by Gasteiger charge is -2.10. The molecule has 0 aliphatic carbocycles. The molecule has 0 saturated carbocycles. The summed E-state index contributed by atoms with van der Waals surface area (Å²) in [4.78, 5) is 29.3. The van der Waals surface area contributed by atoms with Crippen LogP contribution in [0.2, 0.25) is 0 Å². The Morgan fingerprint density at radius 1 is 1.10 bits per heavy atom. The normalized spacial score (nSPS) is 11.5. The summed E-state index contributed by atoms with van der Waals surface area (Å²) >= 11 is 0. The van der Waals surface area contributed by atoms with Crippen LogP contribution in [0.25, 0.3) is 5.65 Å². The first-order valence-electron chi connectivity index (χ1n) is 9.39. The number of aryl methyl sites for hydroxylation is 1. The molecule has 0 aliphatic rings. The zero-order chi connectivity index (χ0) is 21.9. The van der Waals surface area contributed by atoms with E-state index in [0.29, 0.717) is 41.0 Å². The van der Waals surface area contributed by atoms with Gasteiger partial charge >= 0.3 is 6.36 Å². The molecule has 2 heterocycles. The van der Waals surface area contributed by atoms with E-state index < -0.39 is 12.3 Å². The van der Waals surface area contributed by atoms with E-state index >= 15 is 0 Å². The van der Waals surface area contributed by atoms with Crippen LogP contribution in [-0.2, 0) is 13.0 Å². The third kappa shape index (κ3) is 4.79. The SMILES string of the molecule is CCC(=O)c1ccc2nc(CC)c(C(=O)NCc3ccc(OC(F)(F)F)cc3)n2c1. The number of aromatic nitrogens is 2. The highest BCUT2D eigenvalue weighted by Gasteiger charge is 2.31. The number of carbonyl (C=O) groups excluding carboxylic acids is 2. The minimum atomic E-state index is -4.76. The third-order valence-corrected chi connectivity index (χ3v) is 4.49. The topological polar surface area (TPSA) is 72.7 Å². The smallest absolute Gasteiger partial charge is 0.406 e. The molecule has 30 heavy (non-hydrogen) atoms. The molecule has 1 aromatic carbocycles. The molecule has 3 rings (SSSR count). The van der Waals surface area contributed by atoms with Crippen LogP contribution in [0.4, 0.5) is 13.2 Å². The van der Waals surface area contributed by atoms with Gasteiger partial charge < -0.3 is 10.1 Å². The Labute approximate surface area is 170 Å².